The molecule has 5 heteroatoms. The van der Waals surface area contributed by atoms with Crippen molar-refractivity contribution in [2.24, 2.45) is 0 Å². The Morgan fingerprint density at radius 2 is 2.00 bits per heavy atom. The summed E-state index contributed by atoms with van der Waals surface area (Å²) in [5.74, 6) is -0.573. The Labute approximate surface area is 88.0 Å². The van der Waals surface area contributed by atoms with Crippen molar-refractivity contribution in [2.45, 2.75) is 44.2 Å². The number of carbonyl (C=O) groups is 1. The van der Waals surface area contributed by atoms with Crippen LogP contribution < -0.4 is 0 Å². The third-order valence-corrected chi connectivity index (χ3v) is 2.21. The van der Waals surface area contributed by atoms with Crippen molar-refractivity contribution < 1.29 is 24.9 Å². The summed E-state index contributed by atoms with van der Waals surface area (Å²) in [6, 6.07) is 0. The van der Waals surface area contributed by atoms with Gasteiger partial charge in [-0.15, -0.1) is 0 Å². The van der Waals surface area contributed by atoms with E-state index in [0.29, 0.717) is 0 Å². The molecule has 0 aromatic rings. The van der Waals surface area contributed by atoms with Gasteiger partial charge in [-0.1, -0.05) is 12.2 Å². The number of carbonyl (C=O) groups excluding carboxylic acids is 1. The Kier molecular flexibility index (Phi) is 4.26. The highest BCUT2D eigenvalue weighted by Gasteiger charge is 2.22. The normalized spacial score (nSPS) is 40.7. The summed E-state index contributed by atoms with van der Waals surface area (Å²) in [7, 11) is 0. The minimum absolute atomic E-state index is 0.244. The molecule has 1 aliphatic heterocycles. The molecule has 15 heavy (non-hydrogen) atoms. The number of cyclic esters (lactones) is 1. The molecular weight excluding hydrogens is 200 g/mol. The van der Waals surface area contributed by atoms with Crippen LogP contribution in [-0.4, -0.2) is 45.7 Å². The fraction of sp³-hybridized carbons (Fsp3) is 0.700. The van der Waals surface area contributed by atoms with Crippen LogP contribution in [0.3, 0.4) is 0 Å². The van der Waals surface area contributed by atoms with E-state index in [1.54, 1.807) is 6.92 Å². The van der Waals surface area contributed by atoms with Crippen LogP contribution in [0.2, 0.25) is 0 Å². The van der Waals surface area contributed by atoms with Crippen molar-refractivity contribution in [2.75, 3.05) is 0 Å². The molecule has 0 bridgehead atoms. The van der Waals surface area contributed by atoms with Gasteiger partial charge >= 0.3 is 5.97 Å². The maximum Gasteiger partial charge on any atom is 0.308 e. The van der Waals surface area contributed by atoms with E-state index < -0.39 is 30.4 Å². The highest BCUT2D eigenvalue weighted by molar-refractivity contribution is 5.70. The van der Waals surface area contributed by atoms with Gasteiger partial charge in [0.15, 0.2) is 0 Å². The monoisotopic (exact) mass is 216 g/mol. The van der Waals surface area contributed by atoms with Crippen LogP contribution in [0.25, 0.3) is 0 Å². The quantitative estimate of drug-likeness (QED) is 0.370. The lowest BCUT2D eigenvalue weighted by Crippen LogP contribution is -2.31. The molecular formula is C10H16O5. The molecule has 0 saturated carbocycles. The number of aliphatic hydroxyl groups excluding tert-OH is 3. The van der Waals surface area contributed by atoms with E-state index in [2.05, 4.69) is 0 Å². The third-order valence-electron chi connectivity index (χ3n) is 2.21. The molecule has 0 amide bonds. The van der Waals surface area contributed by atoms with Crippen LogP contribution in [0.4, 0.5) is 0 Å². The summed E-state index contributed by atoms with van der Waals surface area (Å²) in [6.45, 7) is 1.67. The molecule has 0 aromatic carbocycles. The molecule has 0 fully saturated rings. The first kappa shape index (κ1) is 12.2. The van der Waals surface area contributed by atoms with Gasteiger partial charge in [-0.05, 0) is 6.92 Å². The lowest BCUT2D eigenvalue weighted by Gasteiger charge is -2.20. The van der Waals surface area contributed by atoms with Gasteiger partial charge in [-0.25, -0.2) is 0 Å². The molecule has 3 N–H and O–H groups in total. The summed E-state index contributed by atoms with van der Waals surface area (Å²) < 4.78 is 4.91. The maximum absolute atomic E-state index is 11.2. The zero-order chi connectivity index (χ0) is 11.4. The lowest BCUT2D eigenvalue weighted by molar-refractivity contribution is -0.152. The molecule has 1 heterocycles. The first-order valence-electron chi connectivity index (χ1n) is 4.91. The fourth-order valence-electron chi connectivity index (χ4n) is 1.40. The number of hydrogen-bond donors (Lipinski definition) is 3. The van der Waals surface area contributed by atoms with Crippen LogP contribution in [0.5, 0.6) is 0 Å². The van der Waals surface area contributed by atoms with Crippen molar-refractivity contribution in [1.29, 1.82) is 0 Å². The minimum Gasteiger partial charge on any atom is -0.462 e. The van der Waals surface area contributed by atoms with Gasteiger partial charge in [0, 0.05) is 6.42 Å². The van der Waals surface area contributed by atoms with E-state index in [-0.39, 0.29) is 12.8 Å². The van der Waals surface area contributed by atoms with E-state index in [9.17, 15) is 20.1 Å². The molecule has 0 radical (unpaired) electrons. The Balaban J connectivity index is 2.72. The predicted molar refractivity (Wildman–Crippen MR) is 51.9 cm³/mol. The summed E-state index contributed by atoms with van der Waals surface area (Å²) in [4.78, 5) is 11.2. The topological polar surface area (TPSA) is 87.0 Å². The number of ether oxygens (including phenoxy) is 1. The van der Waals surface area contributed by atoms with E-state index >= 15 is 0 Å². The molecule has 0 unspecified atom stereocenters. The number of aliphatic hydroxyl groups is 3. The molecule has 0 spiro atoms. The second-order valence-electron chi connectivity index (χ2n) is 3.75. The van der Waals surface area contributed by atoms with Crippen molar-refractivity contribution in [3.63, 3.8) is 0 Å². The average Bonchev–Trinajstić information content (AvgIpc) is 2.12. The molecule has 86 valence electrons. The van der Waals surface area contributed by atoms with E-state index in [0.717, 1.165) is 0 Å². The van der Waals surface area contributed by atoms with Crippen molar-refractivity contribution in [3.8, 4) is 0 Å². The Hall–Kier alpha value is -0.910. The Morgan fingerprint density at radius 1 is 1.33 bits per heavy atom. The maximum atomic E-state index is 11.2. The van der Waals surface area contributed by atoms with Gasteiger partial charge < -0.3 is 20.1 Å². The van der Waals surface area contributed by atoms with Gasteiger partial charge in [0.1, 0.15) is 6.10 Å². The predicted octanol–water partition coefficient (Wildman–Crippen LogP) is -0.649. The fourth-order valence-corrected chi connectivity index (χ4v) is 1.40. The summed E-state index contributed by atoms with van der Waals surface area (Å²) in [5, 5.41) is 28.1. The van der Waals surface area contributed by atoms with Crippen LogP contribution in [0.15, 0.2) is 12.2 Å². The number of hydrogen-bond acceptors (Lipinski definition) is 5. The summed E-state index contributed by atoms with van der Waals surface area (Å²) >= 11 is 0. The van der Waals surface area contributed by atoms with E-state index in [1.165, 1.54) is 12.2 Å². The molecule has 5 nitrogen and oxygen atoms in total. The summed E-state index contributed by atoms with van der Waals surface area (Å²) in [6.07, 6.45) is -0.805. The average molecular weight is 216 g/mol. The second-order valence-corrected chi connectivity index (χ2v) is 3.75. The highest BCUT2D eigenvalue weighted by Crippen LogP contribution is 2.11. The van der Waals surface area contributed by atoms with Gasteiger partial charge in [-0.3, -0.25) is 4.79 Å². The standard InChI is InChI=1S/C10H16O5/c1-6-4-7(11)2-3-8(12)9(13)5-10(14)15-6/h2-3,6-9,11-13H,4-5H2,1H3/b3-2+/t6-,7+,8-,9-/m0/s1. The van der Waals surface area contributed by atoms with Crippen LogP contribution in [0.1, 0.15) is 19.8 Å². The van der Waals surface area contributed by atoms with Gasteiger partial charge in [-0.2, -0.15) is 0 Å². The molecule has 1 aliphatic rings. The van der Waals surface area contributed by atoms with Crippen LogP contribution in [-0.2, 0) is 9.53 Å². The van der Waals surface area contributed by atoms with Gasteiger partial charge in [0.2, 0.25) is 0 Å². The largest absolute Gasteiger partial charge is 0.462 e. The highest BCUT2D eigenvalue weighted by atomic mass is 16.5. The molecule has 1 rings (SSSR count). The van der Waals surface area contributed by atoms with Crippen LogP contribution >= 0.6 is 0 Å². The molecule has 4 atom stereocenters. The number of esters is 1. The zero-order valence-corrected chi connectivity index (χ0v) is 8.54. The Morgan fingerprint density at radius 3 is 2.67 bits per heavy atom. The van der Waals surface area contributed by atoms with Gasteiger partial charge in [0.05, 0.1) is 24.7 Å². The Bertz CT molecular complexity index is 250. The molecule has 0 aromatic heterocycles. The first-order valence-corrected chi connectivity index (χ1v) is 4.91. The smallest absolute Gasteiger partial charge is 0.308 e. The molecule has 0 aliphatic carbocycles. The SMILES string of the molecule is C[C@H]1C[C@H](O)/C=C/[C@H](O)[C@@H](O)CC(=O)O1. The minimum atomic E-state index is -1.19. The number of rotatable bonds is 0. The first-order chi connectivity index (χ1) is 6.99. The van der Waals surface area contributed by atoms with Crippen molar-refractivity contribution in [3.05, 3.63) is 12.2 Å². The van der Waals surface area contributed by atoms with E-state index in [1.807, 2.05) is 0 Å². The van der Waals surface area contributed by atoms with E-state index in [4.69, 9.17) is 4.74 Å². The van der Waals surface area contributed by atoms with Crippen molar-refractivity contribution >= 4 is 5.97 Å². The summed E-state index contributed by atoms with van der Waals surface area (Å²) in [5.41, 5.74) is 0. The van der Waals surface area contributed by atoms with Gasteiger partial charge in [0.25, 0.3) is 0 Å². The molecule has 0 saturated heterocycles. The van der Waals surface area contributed by atoms with Crippen molar-refractivity contribution in [1.82, 2.24) is 0 Å². The lowest BCUT2D eigenvalue weighted by atomic mass is 10.1. The zero-order valence-electron chi connectivity index (χ0n) is 8.54. The van der Waals surface area contributed by atoms with Crippen LogP contribution in [0, 0.1) is 0 Å². The second kappa shape index (κ2) is 5.25. The third kappa shape index (κ3) is 3.99.